The predicted molar refractivity (Wildman–Crippen MR) is 76.1 cm³/mol. The van der Waals surface area contributed by atoms with Gasteiger partial charge < -0.3 is 4.48 Å². The van der Waals surface area contributed by atoms with Crippen molar-refractivity contribution < 1.29 is 4.48 Å². The maximum absolute atomic E-state index is 2.33. The molecule has 96 valence electrons. The monoisotopic (exact) mass is 234 g/mol. The van der Waals surface area contributed by atoms with Crippen LogP contribution in [0.5, 0.6) is 0 Å². The van der Waals surface area contributed by atoms with Crippen LogP contribution in [0.3, 0.4) is 0 Å². The Bertz CT molecular complexity index is 322. The van der Waals surface area contributed by atoms with Gasteiger partial charge in [-0.2, -0.15) is 0 Å². The molecule has 0 heterocycles. The fraction of sp³-hybridized carbons (Fsp3) is 0.625. The zero-order chi connectivity index (χ0) is 12.9. The van der Waals surface area contributed by atoms with Crippen molar-refractivity contribution in [2.75, 3.05) is 20.6 Å². The van der Waals surface area contributed by atoms with Crippen LogP contribution in [-0.2, 0) is 6.54 Å². The zero-order valence-electron chi connectivity index (χ0n) is 12.2. The van der Waals surface area contributed by atoms with Gasteiger partial charge in [0.1, 0.15) is 6.54 Å². The van der Waals surface area contributed by atoms with E-state index in [-0.39, 0.29) is 0 Å². The van der Waals surface area contributed by atoms with Crippen molar-refractivity contribution in [2.24, 2.45) is 0 Å². The molecule has 1 aromatic rings. The summed E-state index contributed by atoms with van der Waals surface area (Å²) >= 11 is 0. The highest BCUT2D eigenvalue weighted by Crippen LogP contribution is 2.17. The number of rotatable bonds is 6. The van der Waals surface area contributed by atoms with Crippen molar-refractivity contribution in [1.82, 2.24) is 0 Å². The standard InChI is InChI=1S/C16H28N/c1-6-7-12-17(4,5)13-15-8-10-16(11-9-15)14(2)3/h8-11,14H,6-7,12-13H2,1-5H3/q+1. The van der Waals surface area contributed by atoms with E-state index in [9.17, 15) is 0 Å². The maximum Gasteiger partial charge on any atom is 0.104 e. The summed E-state index contributed by atoms with van der Waals surface area (Å²) in [6.07, 6.45) is 2.60. The molecule has 0 saturated carbocycles. The second kappa shape index (κ2) is 6.20. The van der Waals surface area contributed by atoms with E-state index in [1.807, 2.05) is 0 Å². The van der Waals surface area contributed by atoms with Crippen molar-refractivity contribution in [2.45, 2.75) is 46.1 Å². The van der Waals surface area contributed by atoms with Crippen molar-refractivity contribution in [3.05, 3.63) is 35.4 Å². The Morgan fingerprint density at radius 3 is 2.12 bits per heavy atom. The van der Waals surface area contributed by atoms with Crippen molar-refractivity contribution in [1.29, 1.82) is 0 Å². The van der Waals surface area contributed by atoms with Crippen LogP contribution in [0.25, 0.3) is 0 Å². The molecule has 1 heteroatoms. The van der Waals surface area contributed by atoms with Gasteiger partial charge in [-0.15, -0.1) is 0 Å². The minimum atomic E-state index is 0.631. The molecule has 0 amide bonds. The number of unbranched alkanes of at least 4 members (excludes halogenated alkanes) is 1. The van der Waals surface area contributed by atoms with Gasteiger partial charge in [-0.3, -0.25) is 0 Å². The third-order valence-electron chi connectivity index (χ3n) is 3.37. The molecule has 0 aromatic heterocycles. The van der Waals surface area contributed by atoms with E-state index in [0.717, 1.165) is 11.0 Å². The van der Waals surface area contributed by atoms with Gasteiger partial charge in [0.25, 0.3) is 0 Å². The molecule has 0 unspecified atom stereocenters. The third kappa shape index (κ3) is 4.91. The Balaban J connectivity index is 2.62. The topological polar surface area (TPSA) is 0 Å². The Kier molecular flexibility index (Phi) is 5.20. The summed E-state index contributed by atoms with van der Waals surface area (Å²) in [5.41, 5.74) is 2.89. The number of hydrogen-bond acceptors (Lipinski definition) is 0. The molecule has 1 aromatic carbocycles. The molecule has 0 N–H and O–H groups in total. The van der Waals surface area contributed by atoms with Gasteiger partial charge in [0.2, 0.25) is 0 Å². The molecule has 0 fully saturated rings. The average molecular weight is 234 g/mol. The first-order valence-corrected chi connectivity index (χ1v) is 6.85. The van der Waals surface area contributed by atoms with Gasteiger partial charge in [0.05, 0.1) is 20.6 Å². The van der Waals surface area contributed by atoms with Crippen LogP contribution in [0.1, 0.15) is 50.7 Å². The third-order valence-corrected chi connectivity index (χ3v) is 3.37. The first-order valence-electron chi connectivity index (χ1n) is 6.85. The summed E-state index contributed by atoms with van der Waals surface area (Å²) in [5, 5.41) is 0. The molecule has 1 nitrogen and oxygen atoms in total. The molecule has 0 bridgehead atoms. The van der Waals surface area contributed by atoms with E-state index in [2.05, 4.69) is 59.1 Å². The molecule has 0 aliphatic rings. The molecule has 0 aliphatic heterocycles. The van der Waals surface area contributed by atoms with Crippen LogP contribution in [-0.4, -0.2) is 25.1 Å². The Morgan fingerprint density at radius 1 is 1.06 bits per heavy atom. The number of benzene rings is 1. The quantitative estimate of drug-likeness (QED) is 0.648. The number of quaternary nitrogens is 1. The summed E-state index contributed by atoms with van der Waals surface area (Å²) in [6, 6.07) is 9.14. The van der Waals surface area contributed by atoms with Gasteiger partial charge in [-0.05, 0) is 17.9 Å². The number of hydrogen-bond donors (Lipinski definition) is 0. The van der Waals surface area contributed by atoms with E-state index in [1.165, 1.54) is 30.5 Å². The fourth-order valence-electron chi connectivity index (χ4n) is 2.17. The minimum absolute atomic E-state index is 0.631. The van der Waals surface area contributed by atoms with E-state index in [1.54, 1.807) is 0 Å². The largest absolute Gasteiger partial charge is 0.325 e. The lowest BCUT2D eigenvalue weighted by Gasteiger charge is -2.30. The molecular formula is C16H28N+. The second-order valence-electron chi connectivity index (χ2n) is 6.07. The molecule has 0 spiro atoms. The molecule has 17 heavy (non-hydrogen) atoms. The van der Waals surface area contributed by atoms with Gasteiger partial charge in [-0.1, -0.05) is 51.5 Å². The van der Waals surface area contributed by atoms with Gasteiger partial charge >= 0.3 is 0 Å². The highest BCUT2D eigenvalue weighted by Gasteiger charge is 2.14. The molecule has 0 aliphatic carbocycles. The van der Waals surface area contributed by atoms with E-state index in [4.69, 9.17) is 0 Å². The van der Waals surface area contributed by atoms with Gasteiger partial charge in [-0.25, -0.2) is 0 Å². The summed E-state index contributed by atoms with van der Waals surface area (Å²) in [5.74, 6) is 0.631. The molecule has 0 saturated heterocycles. The van der Waals surface area contributed by atoms with Crippen molar-refractivity contribution >= 4 is 0 Å². The molecular weight excluding hydrogens is 206 g/mol. The lowest BCUT2D eigenvalue weighted by atomic mass is 10.0. The smallest absolute Gasteiger partial charge is 0.104 e. The number of nitrogens with zero attached hydrogens (tertiary/aromatic N) is 1. The Morgan fingerprint density at radius 2 is 1.65 bits per heavy atom. The van der Waals surface area contributed by atoms with E-state index < -0.39 is 0 Å². The summed E-state index contributed by atoms with van der Waals surface area (Å²) in [7, 11) is 4.65. The Labute approximate surface area is 107 Å². The SMILES string of the molecule is CCCC[N+](C)(C)Cc1ccc(C(C)C)cc1. The minimum Gasteiger partial charge on any atom is -0.325 e. The highest BCUT2D eigenvalue weighted by atomic mass is 15.3. The second-order valence-corrected chi connectivity index (χ2v) is 6.07. The summed E-state index contributed by atoms with van der Waals surface area (Å²) in [4.78, 5) is 0. The maximum atomic E-state index is 2.33. The van der Waals surface area contributed by atoms with Crippen molar-refractivity contribution in [3.8, 4) is 0 Å². The first-order chi connectivity index (χ1) is 7.94. The molecule has 0 radical (unpaired) electrons. The van der Waals surface area contributed by atoms with Crippen LogP contribution >= 0.6 is 0 Å². The predicted octanol–water partition coefficient (Wildman–Crippen LogP) is 4.19. The van der Waals surface area contributed by atoms with Crippen LogP contribution in [0, 0.1) is 0 Å². The van der Waals surface area contributed by atoms with Crippen LogP contribution < -0.4 is 0 Å². The molecule has 1 rings (SSSR count). The van der Waals surface area contributed by atoms with Gasteiger partial charge in [0, 0.05) is 5.56 Å². The lowest BCUT2D eigenvalue weighted by molar-refractivity contribution is -0.903. The van der Waals surface area contributed by atoms with E-state index in [0.29, 0.717) is 5.92 Å². The summed E-state index contributed by atoms with van der Waals surface area (Å²) < 4.78 is 1.09. The average Bonchev–Trinajstić information content (AvgIpc) is 2.26. The fourth-order valence-corrected chi connectivity index (χ4v) is 2.17. The van der Waals surface area contributed by atoms with Crippen molar-refractivity contribution in [3.63, 3.8) is 0 Å². The van der Waals surface area contributed by atoms with Crippen LogP contribution in [0.15, 0.2) is 24.3 Å². The lowest BCUT2D eigenvalue weighted by Crippen LogP contribution is -2.39. The van der Waals surface area contributed by atoms with Crippen LogP contribution in [0.4, 0.5) is 0 Å². The van der Waals surface area contributed by atoms with E-state index >= 15 is 0 Å². The molecule has 0 atom stereocenters. The zero-order valence-corrected chi connectivity index (χ0v) is 12.2. The first kappa shape index (κ1) is 14.2. The highest BCUT2D eigenvalue weighted by molar-refractivity contribution is 5.24. The summed E-state index contributed by atoms with van der Waals surface area (Å²) in [6.45, 7) is 9.16. The normalized spacial score (nSPS) is 12.1. The Hall–Kier alpha value is -0.820. The van der Waals surface area contributed by atoms with Gasteiger partial charge in [0.15, 0.2) is 0 Å². The van der Waals surface area contributed by atoms with Crippen LogP contribution in [0.2, 0.25) is 0 Å².